The molecular weight excluding hydrogens is 208 g/mol. The summed E-state index contributed by atoms with van der Waals surface area (Å²) in [4.78, 5) is 36.3. The highest BCUT2D eigenvalue weighted by molar-refractivity contribution is 6.04. The Morgan fingerprint density at radius 1 is 1.25 bits per heavy atom. The molecule has 0 radical (unpaired) electrons. The fourth-order valence-electron chi connectivity index (χ4n) is 1.09. The molecule has 0 aromatic heterocycles. The van der Waals surface area contributed by atoms with E-state index in [0.717, 1.165) is 16.5 Å². The molecule has 0 aliphatic heterocycles. The van der Waals surface area contributed by atoms with E-state index in [0.29, 0.717) is 5.56 Å². The van der Waals surface area contributed by atoms with Crippen molar-refractivity contribution in [2.24, 2.45) is 4.99 Å². The number of aliphatic imine (C=N–C) groups is 1. The number of hydrogen-bond acceptors (Lipinski definition) is 3. The molecule has 3 amide bonds. The van der Waals surface area contributed by atoms with Crippen molar-refractivity contribution in [1.82, 2.24) is 4.90 Å². The van der Waals surface area contributed by atoms with Crippen molar-refractivity contribution < 1.29 is 14.4 Å². The minimum Gasteiger partial charge on any atom is -0.269 e. The van der Waals surface area contributed by atoms with E-state index in [1.54, 1.807) is 24.3 Å². The first-order chi connectivity index (χ1) is 7.56. The van der Waals surface area contributed by atoms with E-state index in [4.69, 9.17) is 0 Å². The summed E-state index contributed by atoms with van der Waals surface area (Å²) in [6.45, 7) is 1.89. The van der Waals surface area contributed by atoms with Crippen LogP contribution in [0.2, 0.25) is 0 Å². The molecule has 0 heterocycles. The number of isocyanates is 1. The Hall–Kier alpha value is -2.26. The van der Waals surface area contributed by atoms with Gasteiger partial charge >= 0.3 is 6.03 Å². The lowest BCUT2D eigenvalue weighted by atomic mass is 10.1. The smallest absolute Gasteiger partial charge is 0.269 e. The van der Waals surface area contributed by atoms with Crippen LogP contribution in [0.15, 0.2) is 29.3 Å². The summed E-state index contributed by atoms with van der Waals surface area (Å²) >= 11 is 0. The predicted octanol–water partition coefficient (Wildman–Crippen LogP) is 1.52. The number of aryl methyl sites for hydroxylation is 1. The van der Waals surface area contributed by atoms with Crippen molar-refractivity contribution in [3.05, 3.63) is 35.4 Å². The fourth-order valence-corrected chi connectivity index (χ4v) is 1.09. The van der Waals surface area contributed by atoms with Crippen LogP contribution in [0, 0.1) is 6.92 Å². The van der Waals surface area contributed by atoms with Gasteiger partial charge in [0.1, 0.15) is 0 Å². The van der Waals surface area contributed by atoms with Crippen LogP contribution < -0.4 is 0 Å². The van der Waals surface area contributed by atoms with Crippen LogP contribution in [0.1, 0.15) is 15.9 Å². The monoisotopic (exact) mass is 218 g/mol. The van der Waals surface area contributed by atoms with Crippen LogP contribution in [0.5, 0.6) is 0 Å². The van der Waals surface area contributed by atoms with Gasteiger partial charge in [-0.15, -0.1) is 4.99 Å². The maximum absolute atomic E-state index is 11.7. The number of hydrogen-bond donors (Lipinski definition) is 0. The van der Waals surface area contributed by atoms with Gasteiger partial charge in [-0.2, -0.15) is 0 Å². The molecule has 0 aliphatic rings. The number of rotatable bonds is 1. The van der Waals surface area contributed by atoms with Gasteiger partial charge in [0.2, 0.25) is 6.08 Å². The van der Waals surface area contributed by atoms with Gasteiger partial charge in [0.25, 0.3) is 5.91 Å². The van der Waals surface area contributed by atoms with Crippen molar-refractivity contribution in [1.29, 1.82) is 0 Å². The highest BCUT2D eigenvalue weighted by Gasteiger charge is 2.17. The number of benzene rings is 1. The third-order valence-electron chi connectivity index (χ3n) is 2.03. The SMILES string of the molecule is Cc1ccc(C(=O)N(C)C(=O)N=C=O)cc1. The Kier molecular flexibility index (Phi) is 3.69. The van der Waals surface area contributed by atoms with Gasteiger partial charge < -0.3 is 0 Å². The van der Waals surface area contributed by atoms with Gasteiger partial charge in [-0.05, 0) is 19.1 Å². The lowest BCUT2D eigenvalue weighted by Crippen LogP contribution is -2.30. The molecule has 5 heteroatoms. The standard InChI is InChI=1S/C11H10N2O3/c1-8-3-5-9(6-4-8)10(15)13(2)11(16)12-7-14/h3-6H,1-2H3. The van der Waals surface area contributed by atoms with Crippen molar-refractivity contribution >= 4 is 18.0 Å². The van der Waals surface area contributed by atoms with E-state index >= 15 is 0 Å². The number of nitrogens with zero attached hydrogens (tertiary/aromatic N) is 2. The fraction of sp³-hybridized carbons (Fsp3) is 0.182. The van der Waals surface area contributed by atoms with E-state index in [9.17, 15) is 14.4 Å². The number of imide groups is 1. The van der Waals surface area contributed by atoms with Crippen LogP contribution in [-0.4, -0.2) is 30.0 Å². The summed E-state index contributed by atoms with van der Waals surface area (Å²) in [5.74, 6) is -0.510. The lowest BCUT2D eigenvalue weighted by molar-refractivity contribution is 0.0838. The van der Waals surface area contributed by atoms with Crippen LogP contribution in [0.3, 0.4) is 0 Å². The maximum Gasteiger partial charge on any atom is 0.361 e. The Morgan fingerprint density at radius 3 is 2.31 bits per heavy atom. The molecule has 0 N–H and O–H groups in total. The van der Waals surface area contributed by atoms with E-state index in [2.05, 4.69) is 4.99 Å². The minimum atomic E-state index is -0.930. The molecule has 0 spiro atoms. The zero-order valence-electron chi connectivity index (χ0n) is 8.93. The molecule has 0 unspecified atom stereocenters. The molecule has 5 nitrogen and oxygen atoms in total. The summed E-state index contributed by atoms with van der Waals surface area (Å²) in [6.07, 6.45) is 1.10. The normalized spacial score (nSPS) is 9.12. The molecule has 1 aromatic carbocycles. The summed E-state index contributed by atoms with van der Waals surface area (Å²) in [5.41, 5.74) is 1.37. The molecule has 0 aliphatic carbocycles. The zero-order chi connectivity index (χ0) is 12.1. The van der Waals surface area contributed by atoms with Gasteiger partial charge in [0, 0.05) is 12.6 Å². The second-order valence-corrected chi connectivity index (χ2v) is 3.22. The Bertz CT molecular complexity index is 459. The van der Waals surface area contributed by atoms with Gasteiger partial charge in [0.15, 0.2) is 0 Å². The largest absolute Gasteiger partial charge is 0.361 e. The van der Waals surface area contributed by atoms with Gasteiger partial charge in [-0.3, -0.25) is 9.69 Å². The quantitative estimate of drug-likeness (QED) is 0.530. The van der Waals surface area contributed by atoms with Crippen LogP contribution in [0.4, 0.5) is 4.79 Å². The molecule has 0 atom stereocenters. The third-order valence-corrected chi connectivity index (χ3v) is 2.03. The van der Waals surface area contributed by atoms with E-state index < -0.39 is 11.9 Å². The molecule has 82 valence electrons. The third kappa shape index (κ3) is 2.62. The highest BCUT2D eigenvalue weighted by Crippen LogP contribution is 2.06. The van der Waals surface area contributed by atoms with Crippen LogP contribution >= 0.6 is 0 Å². The topological polar surface area (TPSA) is 66.8 Å². The van der Waals surface area contributed by atoms with Crippen LogP contribution in [-0.2, 0) is 4.79 Å². The molecule has 1 aromatic rings. The van der Waals surface area contributed by atoms with Gasteiger partial charge in [0.05, 0.1) is 0 Å². The van der Waals surface area contributed by atoms with Gasteiger partial charge in [-0.25, -0.2) is 9.59 Å². The van der Waals surface area contributed by atoms with Crippen molar-refractivity contribution in [2.75, 3.05) is 7.05 Å². The van der Waals surface area contributed by atoms with Crippen LogP contribution in [0.25, 0.3) is 0 Å². The zero-order valence-corrected chi connectivity index (χ0v) is 8.93. The predicted molar refractivity (Wildman–Crippen MR) is 56.8 cm³/mol. The van der Waals surface area contributed by atoms with Crippen molar-refractivity contribution in [3.8, 4) is 0 Å². The summed E-state index contributed by atoms with van der Waals surface area (Å²) in [7, 11) is 1.26. The first-order valence-corrected chi connectivity index (χ1v) is 4.53. The first-order valence-electron chi connectivity index (χ1n) is 4.53. The molecule has 16 heavy (non-hydrogen) atoms. The van der Waals surface area contributed by atoms with Crippen molar-refractivity contribution in [3.63, 3.8) is 0 Å². The molecule has 0 fully saturated rings. The summed E-state index contributed by atoms with van der Waals surface area (Å²) in [5, 5.41) is 0. The lowest BCUT2D eigenvalue weighted by Gasteiger charge is -2.11. The van der Waals surface area contributed by atoms with E-state index in [1.807, 2.05) is 6.92 Å². The second-order valence-electron chi connectivity index (χ2n) is 3.22. The summed E-state index contributed by atoms with van der Waals surface area (Å²) in [6, 6.07) is 5.79. The molecule has 0 saturated heterocycles. The second kappa shape index (κ2) is 5.00. The number of carbonyl (C=O) groups excluding carboxylic acids is 3. The average molecular weight is 218 g/mol. The summed E-state index contributed by atoms with van der Waals surface area (Å²) < 4.78 is 0. The average Bonchev–Trinajstić information content (AvgIpc) is 2.28. The first kappa shape index (κ1) is 11.8. The van der Waals surface area contributed by atoms with E-state index in [-0.39, 0.29) is 0 Å². The Labute approximate surface area is 92.4 Å². The maximum atomic E-state index is 11.7. The molecule has 0 saturated carbocycles. The van der Waals surface area contributed by atoms with Crippen molar-refractivity contribution in [2.45, 2.75) is 6.92 Å². The number of urea groups is 1. The molecule has 0 bridgehead atoms. The molecule has 1 rings (SSSR count). The highest BCUT2D eigenvalue weighted by atomic mass is 16.2. The number of amides is 3. The molecular formula is C11H10N2O3. The Morgan fingerprint density at radius 2 is 1.81 bits per heavy atom. The van der Waals surface area contributed by atoms with E-state index in [1.165, 1.54) is 7.05 Å². The number of carbonyl (C=O) groups is 2. The van der Waals surface area contributed by atoms with Gasteiger partial charge in [-0.1, -0.05) is 17.7 Å². The Balaban J connectivity index is 2.90. The minimum absolute atomic E-state index is 0.363.